The maximum atomic E-state index is 12.8. The zero-order chi connectivity index (χ0) is 14.5. The molecule has 0 aromatic heterocycles. The summed E-state index contributed by atoms with van der Waals surface area (Å²) in [4.78, 5) is 0. The Bertz CT molecular complexity index is 489. The molecule has 1 aromatic rings. The van der Waals surface area contributed by atoms with Crippen LogP contribution >= 0.6 is 23.8 Å². The van der Waals surface area contributed by atoms with E-state index in [4.69, 9.17) is 23.8 Å². The molecule has 19 heavy (non-hydrogen) atoms. The summed E-state index contributed by atoms with van der Waals surface area (Å²) in [6.07, 6.45) is 2.43. The highest BCUT2D eigenvalue weighted by atomic mass is 35.5. The minimum absolute atomic E-state index is 0.0902. The Kier molecular flexibility index (Phi) is 5.69. The number of rotatable bonds is 4. The number of hydrogen-bond acceptors (Lipinski definition) is 2. The smallest absolute Gasteiger partial charge is 0.187 e. The summed E-state index contributed by atoms with van der Waals surface area (Å²) in [5.74, 6) is -0.378. The molecule has 104 valence electrons. The van der Waals surface area contributed by atoms with Crippen LogP contribution in [-0.2, 0) is 0 Å². The lowest BCUT2D eigenvalue weighted by atomic mass is 10.0. The van der Waals surface area contributed by atoms with E-state index in [0.717, 1.165) is 6.42 Å². The van der Waals surface area contributed by atoms with Crippen LogP contribution in [0.5, 0.6) is 0 Å². The van der Waals surface area contributed by atoms with Gasteiger partial charge in [-0.15, -0.1) is 0 Å². The van der Waals surface area contributed by atoms with Crippen molar-refractivity contribution in [1.29, 1.82) is 0 Å². The topological polar surface area (TPSA) is 36.4 Å². The first-order valence-corrected chi connectivity index (χ1v) is 6.69. The molecule has 0 aliphatic carbocycles. The lowest BCUT2D eigenvalue weighted by molar-refractivity contribution is 0.443. The normalized spacial score (nSPS) is 11.6. The highest BCUT2D eigenvalue weighted by Gasteiger charge is 2.14. The van der Waals surface area contributed by atoms with E-state index >= 15 is 0 Å². The van der Waals surface area contributed by atoms with Gasteiger partial charge in [0, 0.05) is 11.1 Å². The second-order valence-electron chi connectivity index (χ2n) is 4.73. The molecule has 0 saturated heterocycles. The van der Waals surface area contributed by atoms with E-state index in [1.54, 1.807) is 6.07 Å². The third kappa shape index (κ3) is 5.53. The van der Waals surface area contributed by atoms with Crippen LogP contribution in [0.1, 0.15) is 32.8 Å². The van der Waals surface area contributed by atoms with E-state index in [1.165, 1.54) is 18.3 Å². The van der Waals surface area contributed by atoms with Crippen molar-refractivity contribution >= 4 is 35.1 Å². The first-order chi connectivity index (χ1) is 8.84. The van der Waals surface area contributed by atoms with Crippen LogP contribution in [0.15, 0.2) is 23.3 Å². The molecule has 0 radical (unpaired) electrons. The molecule has 0 amide bonds. The second-order valence-corrected chi connectivity index (χ2v) is 5.54. The van der Waals surface area contributed by atoms with Crippen molar-refractivity contribution in [2.24, 2.45) is 5.10 Å². The van der Waals surface area contributed by atoms with Crippen molar-refractivity contribution in [2.45, 2.75) is 32.7 Å². The summed E-state index contributed by atoms with van der Waals surface area (Å²) in [6, 6.07) is 4.11. The quantitative estimate of drug-likeness (QED) is 0.508. The van der Waals surface area contributed by atoms with Gasteiger partial charge >= 0.3 is 0 Å². The Morgan fingerprint density at radius 2 is 2.21 bits per heavy atom. The number of hydrogen-bond donors (Lipinski definition) is 2. The number of halogens is 2. The predicted octanol–water partition coefficient (Wildman–Crippen LogP) is 3.47. The average molecular weight is 302 g/mol. The third-order valence-corrected chi connectivity index (χ3v) is 3.19. The molecule has 0 heterocycles. The molecule has 0 spiro atoms. The fraction of sp³-hybridized carbons (Fsp3) is 0.385. The molecule has 3 nitrogen and oxygen atoms in total. The molecule has 0 fully saturated rings. The summed E-state index contributed by atoms with van der Waals surface area (Å²) in [5, 5.41) is 7.83. The van der Waals surface area contributed by atoms with Gasteiger partial charge in [-0.1, -0.05) is 18.5 Å². The van der Waals surface area contributed by atoms with Crippen LogP contribution in [-0.4, -0.2) is 16.9 Å². The van der Waals surface area contributed by atoms with Gasteiger partial charge in [0.25, 0.3) is 0 Å². The molecular weight excluding hydrogens is 285 g/mol. The van der Waals surface area contributed by atoms with Crippen LogP contribution in [0.3, 0.4) is 0 Å². The van der Waals surface area contributed by atoms with E-state index in [9.17, 15) is 4.39 Å². The summed E-state index contributed by atoms with van der Waals surface area (Å²) in [5.41, 5.74) is 3.23. The predicted molar refractivity (Wildman–Crippen MR) is 82.2 cm³/mol. The van der Waals surface area contributed by atoms with Gasteiger partial charge in [-0.2, -0.15) is 5.10 Å². The Balaban J connectivity index is 2.57. The minimum atomic E-state index is -0.378. The Morgan fingerprint density at radius 3 is 2.79 bits per heavy atom. The van der Waals surface area contributed by atoms with Crippen LogP contribution in [0.25, 0.3) is 0 Å². The van der Waals surface area contributed by atoms with Gasteiger partial charge in [0.2, 0.25) is 0 Å². The van der Waals surface area contributed by atoms with Crippen LogP contribution in [0.2, 0.25) is 5.02 Å². The van der Waals surface area contributed by atoms with E-state index in [0.29, 0.717) is 15.7 Å². The van der Waals surface area contributed by atoms with Gasteiger partial charge in [-0.3, -0.25) is 5.43 Å². The number of thiocarbonyl (C=S) groups is 1. The lowest BCUT2D eigenvalue weighted by Gasteiger charge is -2.25. The fourth-order valence-corrected chi connectivity index (χ4v) is 1.74. The fourth-order valence-electron chi connectivity index (χ4n) is 1.19. The van der Waals surface area contributed by atoms with Crippen molar-refractivity contribution in [3.63, 3.8) is 0 Å². The standard InChI is InChI=1S/C13H17ClFN3S/c1-4-13(2,3)17-12(19)18-16-8-9-5-6-10(15)7-11(9)14/h5-8H,4H2,1-3H3,(H2,17,18,19)/b16-8+. The van der Waals surface area contributed by atoms with Crippen molar-refractivity contribution < 1.29 is 4.39 Å². The van der Waals surface area contributed by atoms with Crippen LogP contribution < -0.4 is 10.7 Å². The van der Waals surface area contributed by atoms with Crippen LogP contribution in [0.4, 0.5) is 4.39 Å². The summed E-state index contributed by atoms with van der Waals surface area (Å²) < 4.78 is 12.8. The van der Waals surface area contributed by atoms with Crippen LogP contribution in [0, 0.1) is 5.82 Å². The Hall–Kier alpha value is -1.20. The van der Waals surface area contributed by atoms with Gasteiger partial charge in [0.05, 0.1) is 11.2 Å². The SMILES string of the molecule is CCC(C)(C)NC(=S)N/N=C/c1ccc(F)cc1Cl. The van der Waals surface area contributed by atoms with Gasteiger partial charge in [-0.05, 0) is 50.7 Å². The van der Waals surface area contributed by atoms with E-state index < -0.39 is 0 Å². The zero-order valence-corrected chi connectivity index (χ0v) is 12.7. The van der Waals surface area contributed by atoms with Crippen molar-refractivity contribution in [1.82, 2.24) is 10.7 Å². The van der Waals surface area contributed by atoms with Gasteiger partial charge in [0.15, 0.2) is 5.11 Å². The number of nitrogens with zero attached hydrogens (tertiary/aromatic N) is 1. The lowest BCUT2D eigenvalue weighted by Crippen LogP contribution is -2.46. The van der Waals surface area contributed by atoms with Gasteiger partial charge in [-0.25, -0.2) is 4.39 Å². The summed E-state index contributed by atoms with van der Waals surface area (Å²) >= 11 is 11.0. The first-order valence-electron chi connectivity index (χ1n) is 5.90. The van der Waals surface area contributed by atoms with Crippen molar-refractivity contribution in [2.75, 3.05) is 0 Å². The monoisotopic (exact) mass is 301 g/mol. The van der Waals surface area contributed by atoms with E-state index in [-0.39, 0.29) is 11.4 Å². The number of nitrogens with one attached hydrogen (secondary N) is 2. The molecule has 1 rings (SSSR count). The summed E-state index contributed by atoms with van der Waals surface area (Å²) in [7, 11) is 0. The molecule has 0 aliphatic heterocycles. The second kappa shape index (κ2) is 6.82. The Labute approximate surface area is 123 Å². The van der Waals surface area contributed by atoms with E-state index in [2.05, 4.69) is 22.8 Å². The molecule has 1 aromatic carbocycles. The molecule has 6 heteroatoms. The number of hydrazone groups is 1. The highest BCUT2D eigenvalue weighted by molar-refractivity contribution is 7.80. The van der Waals surface area contributed by atoms with Gasteiger partial charge in [0.1, 0.15) is 5.82 Å². The molecule has 0 atom stereocenters. The zero-order valence-electron chi connectivity index (χ0n) is 11.1. The third-order valence-electron chi connectivity index (χ3n) is 2.67. The van der Waals surface area contributed by atoms with Crippen molar-refractivity contribution in [3.8, 4) is 0 Å². The van der Waals surface area contributed by atoms with Crippen molar-refractivity contribution in [3.05, 3.63) is 34.6 Å². The molecule has 0 bridgehead atoms. The molecule has 0 saturated carbocycles. The first kappa shape index (κ1) is 15.9. The average Bonchev–Trinajstić information content (AvgIpc) is 2.31. The minimum Gasteiger partial charge on any atom is -0.356 e. The molecule has 0 unspecified atom stereocenters. The maximum Gasteiger partial charge on any atom is 0.187 e. The van der Waals surface area contributed by atoms with Gasteiger partial charge < -0.3 is 5.32 Å². The largest absolute Gasteiger partial charge is 0.356 e. The van der Waals surface area contributed by atoms with E-state index in [1.807, 2.05) is 13.8 Å². The Morgan fingerprint density at radius 1 is 1.53 bits per heavy atom. The summed E-state index contributed by atoms with van der Waals surface area (Å²) in [6.45, 7) is 6.15. The molecular formula is C13H17ClFN3S. The molecule has 0 aliphatic rings. The highest BCUT2D eigenvalue weighted by Crippen LogP contribution is 2.15. The maximum absolute atomic E-state index is 12.8. The number of benzene rings is 1. The molecule has 2 N–H and O–H groups in total.